The first kappa shape index (κ1) is 21.3. The molecule has 0 aliphatic heterocycles. The molecule has 0 bridgehead atoms. The van der Waals surface area contributed by atoms with Gasteiger partial charge >= 0.3 is 0 Å². The summed E-state index contributed by atoms with van der Waals surface area (Å²) in [5, 5.41) is 8.99. The van der Waals surface area contributed by atoms with Crippen LogP contribution in [0.1, 0.15) is 56.2 Å². The first-order chi connectivity index (χ1) is 14.2. The summed E-state index contributed by atoms with van der Waals surface area (Å²) in [6, 6.07) is 24.9. The smallest absolute Gasteiger partial charge is 0.0431 e. The minimum Gasteiger partial charge on any atom is -0.396 e. The molecule has 0 unspecified atom stereocenters. The van der Waals surface area contributed by atoms with Crippen molar-refractivity contribution in [2.45, 2.75) is 58.8 Å². The van der Waals surface area contributed by atoms with Crippen molar-refractivity contribution in [3.63, 3.8) is 0 Å². The van der Waals surface area contributed by atoms with Gasteiger partial charge in [-0.15, -0.1) is 0 Å². The molecule has 29 heavy (non-hydrogen) atoms. The van der Waals surface area contributed by atoms with Gasteiger partial charge in [-0.25, -0.2) is 0 Å². The number of aryl methyl sites for hydroxylation is 3. The molecule has 0 aliphatic carbocycles. The number of hydrogen-bond donors (Lipinski definition) is 1. The van der Waals surface area contributed by atoms with Crippen LogP contribution in [0.4, 0.5) is 0 Å². The van der Waals surface area contributed by atoms with E-state index in [1.54, 1.807) is 0 Å². The van der Waals surface area contributed by atoms with Crippen LogP contribution in [0.15, 0.2) is 66.7 Å². The van der Waals surface area contributed by atoms with Crippen LogP contribution < -0.4 is 0 Å². The van der Waals surface area contributed by atoms with Crippen molar-refractivity contribution < 1.29 is 5.11 Å². The van der Waals surface area contributed by atoms with Gasteiger partial charge in [0.1, 0.15) is 0 Å². The van der Waals surface area contributed by atoms with Gasteiger partial charge < -0.3 is 5.11 Å². The monoisotopic (exact) mass is 386 g/mol. The molecule has 0 atom stereocenters. The lowest BCUT2D eigenvalue weighted by Crippen LogP contribution is -1.94. The van der Waals surface area contributed by atoms with Crippen LogP contribution in [0.25, 0.3) is 22.3 Å². The van der Waals surface area contributed by atoms with E-state index in [0.717, 1.165) is 25.7 Å². The number of aliphatic hydroxyl groups is 1. The summed E-state index contributed by atoms with van der Waals surface area (Å²) >= 11 is 0. The molecule has 0 saturated heterocycles. The van der Waals surface area contributed by atoms with E-state index in [4.69, 9.17) is 5.11 Å². The van der Waals surface area contributed by atoms with Crippen molar-refractivity contribution in [1.82, 2.24) is 0 Å². The van der Waals surface area contributed by atoms with Gasteiger partial charge in [0.05, 0.1) is 0 Å². The molecule has 3 aromatic rings. The van der Waals surface area contributed by atoms with Gasteiger partial charge in [0, 0.05) is 6.61 Å². The second-order valence-corrected chi connectivity index (χ2v) is 7.90. The minimum absolute atomic E-state index is 0.284. The summed E-state index contributed by atoms with van der Waals surface area (Å²) in [5.41, 5.74) is 9.38. The summed E-state index contributed by atoms with van der Waals surface area (Å²) < 4.78 is 0. The summed E-state index contributed by atoms with van der Waals surface area (Å²) in [4.78, 5) is 0. The minimum atomic E-state index is 0.284. The number of unbranched alkanes of at least 4 members (excludes halogenated alkanes) is 2. The third-order valence-corrected chi connectivity index (χ3v) is 5.73. The van der Waals surface area contributed by atoms with E-state index in [-0.39, 0.29) is 6.61 Å². The molecular formula is C28H34O. The van der Waals surface area contributed by atoms with Gasteiger partial charge in [-0.1, -0.05) is 87.0 Å². The van der Waals surface area contributed by atoms with Gasteiger partial charge in [0.15, 0.2) is 0 Å². The Balaban J connectivity index is 1.75. The average molecular weight is 387 g/mol. The predicted octanol–water partition coefficient (Wildman–Crippen LogP) is 7.24. The molecule has 3 rings (SSSR count). The fourth-order valence-corrected chi connectivity index (χ4v) is 3.90. The van der Waals surface area contributed by atoms with Crippen molar-refractivity contribution in [2.75, 3.05) is 6.61 Å². The topological polar surface area (TPSA) is 20.2 Å². The van der Waals surface area contributed by atoms with Crippen LogP contribution in [0.2, 0.25) is 0 Å². The largest absolute Gasteiger partial charge is 0.396 e. The zero-order valence-corrected chi connectivity index (χ0v) is 18.0. The molecule has 1 heteroatoms. The molecule has 0 saturated carbocycles. The van der Waals surface area contributed by atoms with E-state index < -0.39 is 0 Å². The first-order valence-corrected chi connectivity index (χ1v) is 11.2. The van der Waals surface area contributed by atoms with Crippen molar-refractivity contribution in [2.24, 2.45) is 0 Å². The zero-order valence-electron chi connectivity index (χ0n) is 18.0. The molecular weight excluding hydrogens is 352 g/mol. The molecule has 0 heterocycles. The lowest BCUT2D eigenvalue weighted by Gasteiger charge is -2.12. The second-order valence-electron chi connectivity index (χ2n) is 7.90. The van der Waals surface area contributed by atoms with Gasteiger partial charge in [0.2, 0.25) is 0 Å². The van der Waals surface area contributed by atoms with Crippen LogP contribution in [0.5, 0.6) is 0 Å². The molecule has 1 nitrogen and oxygen atoms in total. The van der Waals surface area contributed by atoms with Gasteiger partial charge in [0.25, 0.3) is 0 Å². The fourth-order valence-electron chi connectivity index (χ4n) is 3.90. The molecule has 0 fully saturated rings. The van der Waals surface area contributed by atoms with Crippen LogP contribution in [0.3, 0.4) is 0 Å². The van der Waals surface area contributed by atoms with Crippen LogP contribution in [-0.4, -0.2) is 11.7 Å². The van der Waals surface area contributed by atoms with Crippen LogP contribution in [-0.2, 0) is 19.3 Å². The van der Waals surface area contributed by atoms with E-state index in [0.29, 0.717) is 0 Å². The molecule has 0 aromatic heterocycles. The summed E-state index contributed by atoms with van der Waals surface area (Å²) in [6.45, 7) is 4.75. The standard InChI is InChI=1S/C28H34O/c1-3-5-8-22-10-13-25(14-11-22)26-15-17-27(18-16-26)28-19-12-23(9-6-7-20-29)21-24(28)4-2/h10-19,21,29H,3-9,20H2,1-2H3. The van der Waals surface area contributed by atoms with Crippen molar-refractivity contribution in [3.05, 3.63) is 83.4 Å². The highest BCUT2D eigenvalue weighted by Crippen LogP contribution is 2.29. The summed E-state index contributed by atoms with van der Waals surface area (Å²) in [7, 11) is 0. The number of rotatable bonds is 10. The number of hydrogen-bond acceptors (Lipinski definition) is 1. The Morgan fingerprint density at radius 1 is 0.621 bits per heavy atom. The van der Waals surface area contributed by atoms with E-state index in [1.165, 1.54) is 58.2 Å². The number of aliphatic hydroxyl groups excluding tert-OH is 1. The first-order valence-electron chi connectivity index (χ1n) is 11.2. The Morgan fingerprint density at radius 2 is 1.21 bits per heavy atom. The lowest BCUT2D eigenvalue weighted by atomic mass is 9.93. The summed E-state index contributed by atoms with van der Waals surface area (Å²) in [6.07, 6.45) is 7.67. The molecule has 0 amide bonds. The van der Waals surface area contributed by atoms with E-state index in [9.17, 15) is 0 Å². The molecule has 0 radical (unpaired) electrons. The number of benzene rings is 3. The van der Waals surface area contributed by atoms with E-state index in [1.807, 2.05) is 0 Å². The third kappa shape index (κ3) is 5.81. The maximum atomic E-state index is 8.99. The molecule has 0 aliphatic rings. The normalized spacial score (nSPS) is 11.0. The Labute approximate surface area is 176 Å². The van der Waals surface area contributed by atoms with Gasteiger partial charge in [-0.3, -0.25) is 0 Å². The van der Waals surface area contributed by atoms with Crippen LogP contribution >= 0.6 is 0 Å². The molecule has 1 N–H and O–H groups in total. The average Bonchev–Trinajstić information content (AvgIpc) is 2.78. The fraction of sp³-hybridized carbons (Fsp3) is 0.357. The van der Waals surface area contributed by atoms with Crippen molar-refractivity contribution in [3.8, 4) is 22.3 Å². The Kier molecular flexibility index (Phi) is 8.07. The maximum absolute atomic E-state index is 8.99. The van der Waals surface area contributed by atoms with Crippen LogP contribution in [0, 0.1) is 0 Å². The van der Waals surface area contributed by atoms with Crippen molar-refractivity contribution in [1.29, 1.82) is 0 Å². The molecule has 3 aromatic carbocycles. The highest BCUT2D eigenvalue weighted by atomic mass is 16.2. The zero-order chi connectivity index (χ0) is 20.5. The van der Waals surface area contributed by atoms with Gasteiger partial charge in [-0.2, -0.15) is 0 Å². The highest BCUT2D eigenvalue weighted by molar-refractivity contribution is 5.72. The summed E-state index contributed by atoms with van der Waals surface area (Å²) in [5.74, 6) is 0. The lowest BCUT2D eigenvalue weighted by molar-refractivity contribution is 0.284. The third-order valence-electron chi connectivity index (χ3n) is 5.73. The van der Waals surface area contributed by atoms with Crippen molar-refractivity contribution >= 4 is 0 Å². The molecule has 152 valence electrons. The quantitative estimate of drug-likeness (QED) is 0.364. The Hall–Kier alpha value is -2.38. The highest BCUT2D eigenvalue weighted by Gasteiger charge is 2.07. The second kappa shape index (κ2) is 11.0. The predicted molar refractivity (Wildman–Crippen MR) is 125 cm³/mol. The Morgan fingerprint density at radius 3 is 1.83 bits per heavy atom. The maximum Gasteiger partial charge on any atom is 0.0431 e. The van der Waals surface area contributed by atoms with E-state index in [2.05, 4.69) is 80.6 Å². The molecule has 0 spiro atoms. The Bertz CT molecular complexity index is 875. The SMILES string of the molecule is CCCCc1ccc(-c2ccc(-c3ccc(CCCCO)cc3CC)cc2)cc1. The van der Waals surface area contributed by atoms with Gasteiger partial charge in [-0.05, 0) is 77.5 Å². The van der Waals surface area contributed by atoms with E-state index >= 15 is 0 Å².